The predicted molar refractivity (Wildman–Crippen MR) is 139 cm³/mol. The summed E-state index contributed by atoms with van der Waals surface area (Å²) in [6.45, 7) is 7.91. The molecule has 1 aromatic heterocycles. The van der Waals surface area contributed by atoms with Crippen LogP contribution in [0.1, 0.15) is 25.0 Å². The third-order valence-electron chi connectivity index (χ3n) is 5.77. The van der Waals surface area contributed by atoms with E-state index in [0.29, 0.717) is 22.6 Å². The Labute approximate surface area is 199 Å². The van der Waals surface area contributed by atoms with Crippen LogP contribution in [0.2, 0.25) is 0 Å². The van der Waals surface area contributed by atoms with Gasteiger partial charge in [0, 0.05) is 29.8 Å². The van der Waals surface area contributed by atoms with E-state index in [1.165, 1.54) is 4.57 Å². The van der Waals surface area contributed by atoms with Gasteiger partial charge in [0.05, 0.1) is 6.10 Å². The molecule has 6 nitrogen and oxygen atoms in total. The molecule has 0 radical (unpaired) electrons. The van der Waals surface area contributed by atoms with Crippen LogP contribution in [0.15, 0.2) is 71.5 Å². The van der Waals surface area contributed by atoms with Crippen LogP contribution >= 0.6 is 0 Å². The highest BCUT2D eigenvalue weighted by Crippen LogP contribution is 2.35. The van der Waals surface area contributed by atoms with Crippen molar-refractivity contribution in [3.63, 3.8) is 0 Å². The minimum absolute atomic E-state index is 0.0247. The molecule has 2 amide bonds. The molecule has 0 saturated heterocycles. The van der Waals surface area contributed by atoms with Gasteiger partial charge in [-0.1, -0.05) is 42.5 Å². The number of hydrogen-bond acceptors (Lipinski definition) is 3. The second kappa shape index (κ2) is 9.43. The van der Waals surface area contributed by atoms with Gasteiger partial charge < -0.3 is 10.1 Å². The van der Waals surface area contributed by atoms with Gasteiger partial charge in [-0.25, -0.2) is 4.79 Å². The summed E-state index contributed by atoms with van der Waals surface area (Å²) in [5.74, 6) is 1.10. The lowest BCUT2D eigenvalue weighted by Crippen LogP contribution is -2.27. The van der Waals surface area contributed by atoms with E-state index < -0.39 is 6.03 Å². The first-order valence-corrected chi connectivity index (χ1v) is 11.3. The van der Waals surface area contributed by atoms with Gasteiger partial charge >= 0.3 is 6.03 Å². The number of aryl methyl sites for hydroxylation is 2. The molecule has 4 rings (SSSR count). The van der Waals surface area contributed by atoms with Gasteiger partial charge in [-0.2, -0.15) is 0 Å². The van der Waals surface area contributed by atoms with Crippen LogP contribution in [0.4, 0.5) is 16.3 Å². The fourth-order valence-electron chi connectivity index (χ4n) is 4.01. The quantitative estimate of drug-likeness (QED) is 0.373. The van der Waals surface area contributed by atoms with Gasteiger partial charge in [-0.15, -0.1) is 0 Å². The Morgan fingerprint density at radius 3 is 2.24 bits per heavy atom. The maximum Gasteiger partial charge on any atom is 0.324 e. The molecule has 0 aliphatic heterocycles. The number of rotatable bonds is 5. The number of pyridine rings is 1. The predicted octanol–water partition coefficient (Wildman–Crippen LogP) is 6.25. The molecule has 6 heteroatoms. The largest absolute Gasteiger partial charge is 0.491 e. The number of anilines is 2. The minimum Gasteiger partial charge on any atom is -0.491 e. The Morgan fingerprint density at radius 2 is 1.56 bits per heavy atom. The molecule has 174 valence electrons. The monoisotopic (exact) mass is 455 g/mol. The smallest absolute Gasteiger partial charge is 0.324 e. The molecule has 0 bridgehead atoms. The number of ether oxygens (including phenoxy) is 1. The highest BCUT2D eigenvalue weighted by molar-refractivity contribution is 6.08. The molecule has 1 heterocycles. The number of benzene rings is 3. The first kappa shape index (κ1) is 23.1. The molecule has 0 aliphatic carbocycles. The van der Waals surface area contributed by atoms with E-state index >= 15 is 0 Å². The van der Waals surface area contributed by atoms with E-state index in [4.69, 9.17) is 4.74 Å². The van der Waals surface area contributed by atoms with E-state index in [9.17, 15) is 9.59 Å². The number of nitrogens with one attached hydrogen (secondary N) is 2. The van der Waals surface area contributed by atoms with Crippen molar-refractivity contribution < 1.29 is 9.53 Å². The summed E-state index contributed by atoms with van der Waals surface area (Å²) in [6, 6.07) is 20.5. The number of fused-ring (bicyclic) bond motifs is 1. The van der Waals surface area contributed by atoms with Gasteiger partial charge in [0.25, 0.3) is 5.56 Å². The zero-order valence-corrected chi connectivity index (χ0v) is 20.1. The van der Waals surface area contributed by atoms with Gasteiger partial charge in [0.2, 0.25) is 0 Å². The van der Waals surface area contributed by atoms with E-state index in [1.54, 1.807) is 19.2 Å². The van der Waals surface area contributed by atoms with Crippen molar-refractivity contribution in [1.82, 2.24) is 4.57 Å². The van der Waals surface area contributed by atoms with Gasteiger partial charge in [0.1, 0.15) is 11.6 Å². The lowest BCUT2D eigenvalue weighted by Gasteiger charge is -2.19. The van der Waals surface area contributed by atoms with Crippen molar-refractivity contribution in [1.29, 1.82) is 0 Å². The number of amides is 2. The van der Waals surface area contributed by atoms with Crippen LogP contribution < -0.4 is 20.9 Å². The zero-order chi connectivity index (χ0) is 24.4. The Balaban J connectivity index is 1.79. The lowest BCUT2D eigenvalue weighted by atomic mass is 9.96. The highest BCUT2D eigenvalue weighted by Gasteiger charge is 2.19. The third kappa shape index (κ3) is 4.66. The summed E-state index contributed by atoms with van der Waals surface area (Å²) in [7, 11) is 1.68. The normalized spacial score (nSPS) is 11.0. The minimum atomic E-state index is -0.447. The zero-order valence-electron chi connectivity index (χ0n) is 20.1. The van der Waals surface area contributed by atoms with E-state index in [2.05, 4.69) is 10.6 Å². The van der Waals surface area contributed by atoms with Crippen molar-refractivity contribution in [2.24, 2.45) is 7.05 Å². The maximum atomic E-state index is 13.3. The number of urea groups is 1. The standard InChI is InChI=1S/C28H29N3O3/c1-17(2)34-22-13-9-12-21(16-22)29-28(33)30-26-25(20-10-7-6-8-11-20)23-14-18(3)19(4)15-24(23)27(32)31(26)5/h6-17H,1-5H3,(H2,29,30,33). The van der Waals surface area contributed by atoms with Crippen LogP contribution in [0.3, 0.4) is 0 Å². The Hall–Kier alpha value is -4.06. The first-order valence-electron chi connectivity index (χ1n) is 11.3. The Bertz CT molecular complexity index is 1420. The van der Waals surface area contributed by atoms with Gasteiger partial charge in [-0.3, -0.25) is 14.7 Å². The molecular formula is C28H29N3O3. The van der Waals surface area contributed by atoms with E-state index in [1.807, 2.05) is 82.3 Å². The molecule has 34 heavy (non-hydrogen) atoms. The lowest BCUT2D eigenvalue weighted by molar-refractivity contribution is 0.242. The summed E-state index contributed by atoms with van der Waals surface area (Å²) in [4.78, 5) is 26.3. The Morgan fingerprint density at radius 1 is 0.882 bits per heavy atom. The van der Waals surface area contributed by atoms with Crippen LogP contribution in [0, 0.1) is 13.8 Å². The second-order valence-electron chi connectivity index (χ2n) is 8.71. The number of hydrogen-bond donors (Lipinski definition) is 2. The van der Waals surface area contributed by atoms with Crippen LogP contribution in [0.25, 0.3) is 21.9 Å². The molecule has 0 spiro atoms. The average Bonchev–Trinajstić information content (AvgIpc) is 2.79. The van der Waals surface area contributed by atoms with Crippen molar-refractivity contribution in [2.45, 2.75) is 33.8 Å². The van der Waals surface area contributed by atoms with E-state index in [-0.39, 0.29) is 11.7 Å². The highest BCUT2D eigenvalue weighted by atomic mass is 16.5. The fraction of sp³-hybridized carbons (Fsp3) is 0.214. The molecule has 0 saturated carbocycles. The molecule has 0 fully saturated rings. The molecule has 0 unspecified atom stereocenters. The van der Waals surface area contributed by atoms with Crippen LogP contribution in [0.5, 0.6) is 5.75 Å². The van der Waals surface area contributed by atoms with Gasteiger partial charge in [-0.05, 0) is 68.0 Å². The summed E-state index contributed by atoms with van der Waals surface area (Å²) in [5.41, 5.74) is 4.26. The summed E-state index contributed by atoms with van der Waals surface area (Å²) in [6.07, 6.45) is 0.0247. The number of carbonyl (C=O) groups is 1. The van der Waals surface area contributed by atoms with Crippen molar-refractivity contribution in [2.75, 3.05) is 10.6 Å². The van der Waals surface area contributed by atoms with Gasteiger partial charge in [0.15, 0.2) is 0 Å². The molecule has 4 aromatic rings. The number of aromatic nitrogens is 1. The third-order valence-corrected chi connectivity index (χ3v) is 5.77. The molecule has 0 aliphatic rings. The summed E-state index contributed by atoms with van der Waals surface area (Å²) >= 11 is 0. The number of carbonyl (C=O) groups excluding carboxylic acids is 1. The molecular weight excluding hydrogens is 426 g/mol. The maximum absolute atomic E-state index is 13.3. The molecule has 3 aromatic carbocycles. The van der Waals surface area contributed by atoms with Crippen molar-refractivity contribution in [3.05, 3.63) is 88.2 Å². The van der Waals surface area contributed by atoms with Crippen molar-refractivity contribution >= 4 is 28.3 Å². The fourth-order valence-corrected chi connectivity index (χ4v) is 4.01. The van der Waals surface area contributed by atoms with Crippen LogP contribution in [-0.2, 0) is 7.05 Å². The Kier molecular flexibility index (Phi) is 6.41. The summed E-state index contributed by atoms with van der Waals surface area (Å²) < 4.78 is 7.22. The number of nitrogens with zero attached hydrogens (tertiary/aromatic N) is 1. The van der Waals surface area contributed by atoms with Crippen LogP contribution in [-0.4, -0.2) is 16.7 Å². The average molecular weight is 456 g/mol. The topological polar surface area (TPSA) is 72.4 Å². The molecule has 2 N–H and O–H groups in total. The SMILES string of the molecule is Cc1cc2c(-c3ccccc3)c(NC(=O)Nc3cccc(OC(C)C)c3)n(C)c(=O)c2cc1C. The summed E-state index contributed by atoms with van der Waals surface area (Å²) in [5, 5.41) is 7.20. The van der Waals surface area contributed by atoms with E-state index in [0.717, 1.165) is 27.6 Å². The second-order valence-corrected chi connectivity index (χ2v) is 8.71. The first-order chi connectivity index (χ1) is 16.2. The molecule has 0 atom stereocenters. The van der Waals surface area contributed by atoms with Crippen molar-refractivity contribution in [3.8, 4) is 16.9 Å².